The Kier molecular flexibility index (Phi) is 4.74. The summed E-state index contributed by atoms with van der Waals surface area (Å²) in [4.78, 5) is 0.143. The minimum atomic E-state index is -3.57. The lowest BCUT2D eigenvalue weighted by molar-refractivity contribution is 0.390. The van der Waals surface area contributed by atoms with E-state index in [0.29, 0.717) is 16.8 Å². The van der Waals surface area contributed by atoms with Crippen molar-refractivity contribution in [2.24, 2.45) is 5.92 Å². The van der Waals surface area contributed by atoms with Crippen LogP contribution in [0, 0.1) is 19.8 Å². The van der Waals surface area contributed by atoms with Crippen molar-refractivity contribution < 1.29 is 12.9 Å². The van der Waals surface area contributed by atoms with E-state index in [-0.39, 0.29) is 16.9 Å². The Balaban J connectivity index is 3.05. The monoisotopic (exact) mass is 324 g/mol. The summed E-state index contributed by atoms with van der Waals surface area (Å²) in [6, 6.07) is -0.159. The van der Waals surface area contributed by atoms with Crippen molar-refractivity contribution in [2.45, 2.75) is 38.6 Å². The first-order chi connectivity index (χ1) is 7.79. The molecule has 5 nitrogen and oxygen atoms in total. The summed E-state index contributed by atoms with van der Waals surface area (Å²) < 4.78 is 31.9. The molecule has 1 heterocycles. The summed E-state index contributed by atoms with van der Waals surface area (Å²) >= 11 is 3.30. The zero-order chi connectivity index (χ0) is 13.2. The molecule has 1 aromatic heterocycles. The minimum absolute atomic E-state index is 0.143. The molecule has 1 atom stereocenters. The second kappa shape index (κ2) is 5.49. The second-order valence-corrected chi connectivity index (χ2v) is 6.58. The Labute approximate surface area is 110 Å². The summed E-state index contributed by atoms with van der Waals surface area (Å²) in [7, 11) is -3.57. The van der Waals surface area contributed by atoms with Gasteiger partial charge in [0.2, 0.25) is 10.0 Å². The number of aromatic nitrogens is 1. The van der Waals surface area contributed by atoms with Gasteiger partial charge in [0.15, 0.2) is 5.76 Å². The van der Waals surface area contributed by atoms with Crippen LogP contribution in [-0.4, -0.2) is 24.9 Å². The van der Waals surface area contributed by atoms with Gasteiger partial charge in [-0.15, -0.1) is 0 Å². The van der Waals surface area contributed by atoms with Gasteiger partial charge in [0.1, 0.15) is 10.6 Å². The number of rotatable bonds is 5. The molecule has 0 radical (unpaired) electrons. The highest BCUT2D eigenvalue weighted by Crippen LogP contribution is 2.20. The largest absolute Gasteiger partial charge is 0.360 e. The molecular formula is C10H17BrN2O3S. The van der Waals surface area contributed by atoms with Gasteiger partial charge in [0.25, 0.3) is 0 Å². The summed E-state index contributed by atoms with van der Waals surface area (Å²) in [5.74, 6) is 0.511. The summed E-state index contributed by atoms with van der Waals surface area (Å²) in [6.07, 6.45) is 0. The predicted octanol–water partition coefficient (Wildman–Crippen LogP) is 1.99. The lowest BCUT2D eigenvalue weighted by atomic mass is 10.1. The van der Waals surface area contributed by atoms with Crippen LogP contribution in [0.1, 0.15) is 25.3 Å². The maximum absolute atomic E-state index is 12.2. The van der Waals surface area contributed by atoms with E-state index in [1.807, 2.05) is 13.8 Å². The average molecular weight is 325 g/mol. The van der Waals surface area contributed by atoms with E-state index in [2.05, 4.69) is 25.8 Å². The fraction of sp³-hybridized carbons (Fsp3) is 0.700. The van der Waals surface area contributed by atoms with E-state index in [1.165, 1.54) is 0 Å². The third-order valence-corrected chi connectivity index (χ3v) is 4.95. The fourth-order valence-corrected chi connectivity index (χ4v) is 4.30. The Hall–Kier alpha value is -0.400. The van der Waals surface area contributed by atoms with Gasteiger partial charge in [0, 0.05) is 11.4 Å². The lowest BCUT2D eigenvalue weighted by Gasteiger charge is -2.19. The zero-order valence-electron chi connectivity index (χ0n) is 10.3. The molecule has 98 valence electrons. The first-order valence-corrected chi connectivity index (χ1v) is 7.91. The van der Waals surface area contributed by atoms with Crippen LogP contribution in [-0.2, 0) is 10.0 Å². The average Bonchev–Trinajstić information content (AvgIpc) is 2.55. The quantitative estimate of drug-likeness (QED) is 0.841. The highest BCUT2D eigenvalue weighted by Gasteiger charge is 2.27. The van der Waals surface area contributed by atoms with Crippen LogP contribution in [0.4, 0.5) is 0 Å². The number of nitrogens with one attached hydrogen (secondary N) is 1. The highest BCUT2D eigenvalue weighted by molar-refractivity contribution is 9.09. The van der Waals surface area contributed by atoms with Crippen molar-refractivity contribution in [1.29, 1.82) is 0 Å². The van der Waals surface area contributed by atoms with Crippen LogP contribution >= 0.6 is 15.9 Å². The number of aryl methyl sites for hydroxylation is 2. The molecule has 17 heavy (non-hydrogen) atoms. The van der Waals surface area contributed by atoms with Crippen LogP contribution in [0.3, 0.4) is 0 Å². The minimum Gasteiger partial charge on any atom is -0.360 e. The third kappa shape index (κ3) is 3.29. The van der Waals surface area contributed by atoms with Gasteiger partial charge >= 0.3 is 0 Å². The normalized spacial score (nSPS) is 14.2. The van der Waals surface area contributed by atoms with Gasteiger partial charge in [-0.3, -0.25) is 0 Å². The Morgan fingerprint density at radius 3 is 2.35 bits per heavy atom. The molecule has 0 aliphatic rings. The third-order valence-electron chi connectivity index (χ3n) is 2.51. The molecular weight excluding hydrogens is 308 g/mol. The van der Waals surface area contributed by atoms with Crippen molar-refractivity contribution in [3.63, 3.8) is 0 Å². The van der Waals surface area contributed by atoms with Crippen molar-refractivity contribution in [3.05, 3.63) is 11.5 Å². The number of hydrogen-bond acceptors (Lipinski definition) is 4. The van der Waals surface area contributed by atoms with Crippen molar-refractivity contribution >= 4 is 26.0 Å². The SMILES string of the molecule is Cc1noc(C)c1S(=O)(=O)NC(CBr)C(C)C. The maximum Gasteiger partial charge on any atom is 0.246 e. The van der Waals surface area contributed by atoms with E-state index in [4.69, 9.17) is 4.52 Å². The number of sulfonamides is 1. The lowest BCUT2D eigenvalue weighted by Crippen LogP contribution is -2.40. The van der Waals surface area contributed by atoms with Gasteiger partial charge in [-0.1, -0.05) is 34.9 Å². The Bertz CT molecular complexity index is 462. The summed E-state index contributed by atoms with van der Waals surface area (Å²) in [6.45, 7) is 7.13. The maximum atomic E-state index is 12.2. The number of halogens is 1. The molecule has 0 saturated heterocycles. The molecule has 0 bridgehead atoms. The molecule has 7 heteroatoms. The van der Waals surface area contributed by atoms with E-state index in [1.54, 1.807) is 13.8 Å². The van der Waals surface area contributed by atoms with Crippen molar-refractivity contribution in [2.75, 3.05) is 5.33 Å². The molecule has 1 rings (SSSR count). The van der Waals surface area contributed by atoms with Gasteiger partial charge in [-0.2, -0.15) is 0 Å². The van der Waals surface area contributed by atoms with E-state index < -0.39 is 10.0 Å². The van der Waals surface area contributed by atoms with Gasteiger partial charge in [-0.25, -0.2) is 13.1 Å². The first kappa shape index (κ1) is 14.7. The van der Waals surface area contributed by atoms with Crippen LogP contribution in [0.5, 0.6) is 0 Å². The van der Waals surface area contributed by atoms with Crippen molar-refractivity contribution in [3.8, 4) is 0 Å². The Morgan fingerprint density at radius 2 is 2.00 bits per heavy atom. The molecule has 0 spiro atoms. The predicted molar refractivity (Wildman–Crippen MR) is 68.7 cm³/mol. The van der Waals surface area contributed by atoms with Gasteiger partial charge in [0.05, 0.1) is 0 Å². The van der Waals surface area contributed by atoms with Crippen LogP contribution in [0.15, 0.2) is 9.42 Å². The fourth-order valence-electron chi connectivity index (χ4n) is 1.46. The number of alkyl halides is 1. The Morgan fingerprint density at radius 1 is 1.41 bits per heavy atom. The smallest absolute Gasteiger partial charge is 0.246 e. The summed E-state index contributed by atoms with van der Waals surface area (Å²) in [5, 5.41) is 4.22. The van der Waals surface area contributed by atoms with Crippen LogP contribution in [0.2, 0.25) is 0 Å². The molecule has 1 aromatic rings. The highest BCUT2D eigenvalue weighted by atomic mass is 79.9. The molecule has 0 amide bonds. The topological polar surface area (TPSA) is 72.2 Å². The molecule has 0 saturated carbocycles. The van der Waals surface area contributed by atoms with Gasteiger partial charge in [-0.05, 0) is 19.8 Å². The van der Waals surface area contributed by atoms with E-state index in [9.17, 15) is 8.42 Å². The van der Waals surface area contributed by atoms with Gasteiger partial charge < -0.3 is 4.52 Å². The second-order valence-electron chi connectivity index (χ2n) is 4.28. The summed E-state index contributed by atoms with van der Waals surface area (Å²) in [5.41, 5.74) is 0.382. The standard InChI is InChI=1S/C10H17BrN2O3S/c1-6(2)9(5-11)13-17(14,15)10-7(3)12-16-8(10)4/h6,9,13H,5H2,1-4H3. The van der Waals surface area contributed by atoms with Crippen LogP contribution < -0.4 is 4.72 Å². The van der Waals surface area contributed by atoms with Crippen LogP contribution in [0.25, 0.3) is 0 Å². The number of hydrogen-bond donors (Lipinski definition) is 1. The first-order valence-electron chi connectivity index (χ1n) is 5.30. The zero-order valence-corrected chi connectivity index (χ0v) is 12.7. The molecule has 1 unspecified atom stereocenters. The molecule has 0 aliphatic carbocycles. The number of nitrogens with zero attached hydrogens (tertiary/aromatic N) is 1. The van der Waals surface area contributed by atoms with E-state index in [0.717, 1.165) is 0 Å². The van der Waals surface area contributed by atoms with E-state index >= 15 is 0 Å². The molecule has 0 aliphatic heterocycles. The van der Waals surface area contributed by atoms with Crippen molar-refractivity contribution in [1.82, 2.24) is 9.88 Å². The molecule has 1 N–H and O–H groups in total. The molecule has 0 fully saturated rings. The molecule has 0 aromatic carbocycles.